The first kappa shape index (κ1) is 12.5. The van der Waals surface area contributed by atoms with E-state index in [-0.39, 0.29) is 6.42 Å². The first-order valence-electron chi connectivity index (χ1n) is 5.22. The number of alkyl halides is 3. The first-order valence-corrected chi connectivity index (χ1v) is 5.22. The summed E-state index contributed by atoms with van der Waals surface area (Å²) < 4.78 is 38.2. The summed E-state index contributed by atoms with van der Waals surface area (Å²) in [7, 11) is 0. The molecule has 1 heterocycles. The molecule has 0 amide bonds. The van der Waals surface area contributed by atoms with Crippen molar-refractivity contribution in [1.29, 1.82) is 0 Å². The van der Waals surface area contributed by atoms with E-state index in [1.165, 1.54) is 6.20 Å². The van der Waals surface area contributed by atoms with Crippen LogP contribution < -0.4 is 0 Å². The second-order valence-corrected chi connectivity index (χ2v) is 3.99. The van der Waals surface area contributed by atoms with Gasteiger partial charge in [0.05, 0.1) is 6.42 Å². The second kappa shape index (κ2) is 4.36. The van der Waals surface area contributed by atoms with Crippen LogP contribution in [-0.2, 0) is 17.8 Å². The van der Waals surface area contributed by atoms with Gasteiger partial charge in [-0.1, -0.05) is 18.2 Å². The summed E-state index contributed by atoms with van der Waals surface area (Å²) in [6, 6.07) is 6.47. The van der Waals surface area contributed by atoms with Gasteiger partial charge in [0.2, 0.25) is 0 Å². The average molecular weight is 257 g/mol. The van der Waals surface area contributed by atoms with Gasteiger partial charge in [-0.3, -0.25) is 4.79 Å². The number of hydrogen-bond acceptors (Lipinski definition) is 1. The number of rotatable bonds is 3. The Bertz CT molecular complexity index is 587. The van der Waals surface area contributed by atoms with Gasteiger partial charge in [0.1, 0.15) is 6.54 Å². The van der Waals surface area contributed by atoms with E-state index in [4.69, 9.17) is 5.11 Å². The molecule has 6 heteroatoms. The van der Waals surface area contributed by atoms with Gasteiger partial charge in [0, 0.05) is 17.1 Å². The van der Waals surface area contributed by atoms with E-state index in [0.29, 0.717) is 16.5 Å². The highest BCUT2D eigenvalue weighted by Gasteiger charge is 2.28. The second-order valence-electron chi connectivity index (χ2n) is 3.99. The van der Waals surface area contributed by atoms with Crippen LogP contribution in [0.3, 0.4) is 0 Å². The molecule has 2 rings (SSSR count). The zero-order valence-corrected chi connectivity index (χ0v) is 9.24. The zero-order chi connectivity index (χ0) is 13.3. The Morgan fingerprint density at radius 3 is 2.56 bits per heavy atom. The summed E-state index contributed by atoms with van der Waals surface area (Å²) in [6.45, 7) is -1.12. The average Bonchev–Trinajstić information content (AvgIpc) is 2.54. The minimum absolute atomic E-state index is 0.286. The molecule has 0 unspecified atom stereocenters. The Balaban J connectivity index is 2.50. The summed E-state index contributed by atoms with van der Waals surface area (Å²) in [5.74, 6) is -1.06. The van der Waals surface area contributed by atoms with Crippen molar-refractivity contribution in [2.45, 2.75) is 19.1 Å². The van der Waals surface area contributed by atoms with Crippen LogP contribution in [-0.4, -0.2) is 21.8 Å². The van der Waals surface area contributed by atoms with Crippen LogP contribution in [0.1, 0.15) is 5.56 Å². The monoisotopic (exact) mass is 257 g/mol. The van der Waals surface area contributed by atoms with Crippen LogP contribution >= 0.6 is 0 Å². The van der Waals surface area contributed by atoms with E-state index in [0.717, 1.165) is 4.57 Å². The molecule has 0 fully saturated rings. The molecule has 2 aromatic rings. The van der Waals surface area contributed by atoms with Crippen LogP contribution in [0.2, 0.25) is 0 Å². The van der Waals surface area contributed by atoms with E-state index in [1.54, 1.807) is 24.3 Å². The quantitative estimate of drug-likeness (QED) is 0.918. The molecule has 1 aromatic heterocycles. The molecule has 96 valence electrons. The lowest BCUT2D eigenvalue weighted by molar-refractivity contribution is -0.139. The number of halogens is 3. The molecular formula is C12H10F3NO2. The maximum absolute atomic E-state index is 12.4. The fourth-order valence-corrected chi connectivity index (χ4v) is 1.95. The van der Waals surface area contributed by atoms with Crippen molar-refractivity contribution in [3.63, 3.8) is 0 Å². The van der Waals surface area contributed by atoms with Crippen LogP contribution in [0, 0.1) is 0 Å². The third-order valence-corrected chi connectivity index (χ3v) is 2.56. The van der Waals surface area contributed by atoms with E-state index >= 15 is 0 Å². The highest BCUT2D eigenvalue weighted by atomic mass is 19.4. The van der Waals surface area contributed by atoms with E-state index in [1.807, 2.05) is 0 Å². The Morgan fingerprint density at radius 1 is 1.28 bits per heavy atom. The molecule has 0 saturated carbocycles. The molecule has 0 bridgehead atoms. The predicted molar refractivity (Wildman–Crippen MR) is 59.3 cm³/mol. The maximum atomic E-state index is 12.4. The Hall–Kier alpha value is -1.98. The van der Waals surface area contributed by atoms with Crippen molar-refractivity contribution in [1.82, 2.24) is 4.57 Å². The Morgan fingerprint density at radius 2 is 1.94 bits per heavy atom. The minimum Gasteiger partial charge on any atom is -0.481 e. The van der Waals surface area contributed by atoms with Crippen molar-refractivity contribution < 1.29 is 23.1 Å². The number of aromatic nitrogens is 1. The standard InChI is InChI=1S/C12H10F3NO2/c13-12(14,15)7-16-6-8(5-11(17)18)9-3-1-2-4-10(9)16/h1-4,6H,5,7H2,(H,17,18). The number of carbonyl (C=O) groups is 1. The van der Waals surface area contributed by atoms with Crippen LogP contribution in [0.5, 0.6) is 0 Å². The number of carboxylic acid groups (broad SMARTS) is 1. The van der Waals surface area contributed by atoms with Gasteiger partial charge in [0.15, 0.2) is 0 Å². The van der Waals surface area contributed by atoms with E-state index in [9.17, 15) is 18.0 Å². The summed E-state index contributed by atoms with van der Waals surface area (Å²) >= 11 is 0. The summed E-state index contributed by atoms with van der Waals surface area (Å²) in [6.07, 6.45) is -3.36. The summed E-state index contributed by atoms with van der Waals surface area (Å²) in [5.41, 5.74) is 0.786. The number of aliphatic carboxylic acids is 1. The number of para-hydroxylation sites is 1. The normalized spacial score (nSPS) is 11.9. The smallest absolute Gasteiger partial charge is 0.406 e. The molecule has 0 radical (unpaired) electrons. The number of fused-ring (bicyclic) bond motifs is 1. The van der Waals surface area contributed by atoms with Crippen LogP contribution in [0.15, 0.2) is 30.5 Å². The number of carboxylic acids is 1. The SMILES string of the molecule is O=C(O)Cc1cn(CC(F)(F)F)c2ccccc12. The van der Waals surface area contributed by atoms with Crippen LogP contribution in [0.4, 0.5) is 13.2 Å². The lowest BCUT2D eigenvalue weighted by Crippen LogP contribution is -2.16. The van der Waals surface area contributed by atoms with Gasteiger partial charge in [-0.05, 0) is 11.6 Å². The Kier molecular flexibility index (Phi) is 3.02. The van der Waals surface area contributed by atoms with Gasteiger partial charge < -0.3 is 9.67 Å². The van der Waals surface area contributed by atoms with Gasteiger partial charge in [0.25, 0.3) is 0 Å². The van der Waals surface area contributed by atoms with Gasteiger partial charge >= 0.3 is 12.1 Å². The molecule has 3 nitrogen and oxygen atoms in total. The maximum Gasteiger partial charge on any atom is 0.406 e. The third kappa shape index (κ3) is 2.64. The van der Waals surface area contributed by atoms with Gasteiger partial charge in [-0.2, -0.15) is 13.2 Å². The lowest BCUT2D eigenvalue weighted by atomic mass is 10.1. The lowest BCUT2D eigenvalue weighted by Gasteiger charge is -2.08. The molecule has 18 heavy (non-hydrogen) atoms. The number of benzene rings is 1. The largest absolute Gasteiger partial charge is 0.481 e. The fourth-order valence-electron chi connectivity index (χ4n) is 1.95. The van der Waals surface area contributed by atoms with Crippen molar-refractivity contribution >= 4 is 16.9 Å². The number of nitrogens with zero attached hydrogens (tertiary/aromatic N) is 1. The van der Waals surface area contributed by atoms with Crippen LogP contribution in [0.25, 0.3) is 10.9 Å². The van der Waals surface area contributed by atoms with Gasteiger partial charge in [-0.15, -0.1) is 0 Å². The van der Waals surface area contributed by atoms with Crippen molar-refractivity contribution in [3.8, 4) is 0 Å². The highest BCUT2D eigenvalue weighted by Crippen LogP contribution is 2.26. The molecule has 1 aromatic carbocycles. The van der Waals surface area contributed by atoms with Crippen molar-refractivity contribution in [2.24, 2.45) is 0 Å². The minimum atomic E-state index is -4.33. The molecule has 0 saturated heterocycles. The predicted octanol–water partition coefficient (Wildman–Crippen LogP) is 2.83. The third-order valence-electron chi connectivity index (χ3n) is 2.56. The molecular weight excluding hydrogens is 247 g/mol. The molecule has 0 atom stereocenters. The van der Waals surface area contributed by atoms with E-state index < -0.39 is 18.7 Å². The zero-order valence-electron chi connectivity index (χ0n) is 9.24. The highest BCUT2D eigenvalue weighted by molar-refractivity contribution is 5.87. The molecule has 0 aliphatic rings. The Labute approximate surface area is 100 Å². The molecule has 0 aliphatic carbocycles. The van der Waals surface area contributed by atoms with Crippen molar-refractivity contribution in [3.05, 3.63) is 36.0 Å². The summed E-state index contributed by atoms with van der Waals surface area (Å²) in [4.78, 5) is 10.7. The number of hydrogen-bond donors (Lipinski definition) is 1. The molecule has 1 N–H and O–H groups in total. The molecule has 0 spiro atoms. The first-order chi connectivity index (χ1) is 8.37. The van der Waals surface area contributed by atoms with Crippen molar-refractivity contribution in [2.75, 3.05) is 0 Å². The molecule has 0 aliphatic heterocycles. The summed E-state index contributed by atoms with van der Waals surface area (Å²) in [5, 5.41) is 9.28. The van der Waals surface area contributed by atoms with E-state index in [2.05, 4.69) is 0 Å². The van der Waals surface area contributed by atoms with Gasteiger partial charge in [-0.25, -0.2) is 0 Å². The fraction of sp³-hybridized carbons (Fsp3) is 0.250. The topological polar surface area (TPSA) is 42.2 Å².